The number of ether oxygens (including phenoxy) is 1. The molecular weight excluding hydrogens is 406 g/mol. The number of oxazole rings is 1. The molecule has 0 saturated carbocycles. The number of benzene rings is 3. The zero-order valence-corrected chi connectivity index (χ0v) is 15.6. The molecule has 5 nitrogen and oxygen atoms in total. The van der Waals surface area contributed by atoms with Gasteiger partial charge >= 0.3 is 0 Å². The minimum absolute atomic E-state index is 0.0563. The number of amides is 1. The quantitative estimate of drug-likeness (QED) is 0.422. The molecule has 0 bridgehead atoms. The molecule has 0 radical (unpaired) electrons. The highest BCUT2D eigenvalue weighted by Crippen LogP contribution is 2.32. The lowest BCUT2D eigenvalue weighted by molar-refractivity contribution is 0.102. The number of halogens is 3. The van der Waals surface area contributed by atoms with E-state index < -0.39 is 11.7 Å². The van der Waals surface area contributed by atoms with Crippen LogP contribution in [-0.2, 0) is 0 Å². The topological polar surface area (TPSA) is 64.4 Å². The van der Waals surface area contributed by atoms with Gasteiger partial charge in [-0.2, -0.15) is 0 Å². The van der Waals surface area contributed by atoms with E-state index in [-0.39, 0.29) is 16.7 Å². The van der Waals surface area contributed by atoms with Gasteiger partial charge in [0.15, 0.2) is 12.0 Å². The lowest BCUT2D eigenvalue weighted by atomic mass is 10.1. The molecule has 8 heteroatoms. The summed E-state index contributed by atoms with van der Waals surface area (Å²) >= 11 is 12.0. The first-order valence-electron chi connectivity index (χ1n) is 8.07. The lowest BCUT2D eigenvalue weighted by Gasteiger charge is -2.09. The summed E-state index contributed by atoms with van der Waals surface area (Å²) in [5.74, 6) is -0.119. The molecule has 0 fully saturated rings. The van der Waals surface area contributed by atoms with E-state index in [0.717, 1.165) is 12.5 Å². The van der Waals surface area contributed by atoms with Crippen LogP contribution in [0.25, 0.3) is 11.1 Å². The number of rotatable bonds is 4. The van der Waals surface area contributed by atoms with Crippen LogP contribution < -0.4 is 10.1 Å². The van der Waals surface area contributed by atoms with Gasteiger partial charge in [-0.3, -0.25) is 4.79 Å². The summed E-state index contributed by atoms with van der Waals surface area (Å²) in [4.78, 5) is 16.4. The normalized spacial score (nSPS) is 10.8. The summed E-state index contributed by atoms with van der Waals surface area (Å²) in [6.07, 6.45) is 1.16. The molecule has 28 heavy (non-hydrogen) atoms. The zero-order valence-electron chi connectivity index (χ0n) is 14.1. The van der Waals surface area contributed by atoms with Gasteiger partial charge in [0, 0.05) is 16.8 Å². The Hall–Kier alpha value is -3.09. The average molecular weight is 417 g/mol. The van der Waals surface area contributed by atoms with Crippen molar-refractivity contribution in [1.82, 2.24) is 4.98 Å². The first-order valence-corrected chi connectivity index (χ1v) is 8.82. The van der Waals surface area contributed by atoms with Crippen molar-refractivity contribution in [3.05, 3.63) is 82.4 Å². The van der Waals surface area contributed by atoms with Crippen molar-refractivity contribution in [2.24, 2.45) is 0 Å². The van der Waals surface area contributed by atoms with Gasteiger partial charge in [-0.05, 0) is 48.5 Å². The molecule has 0 aliphatic rings. The van der Waals surface area contributed by atoms with Gasteiger partial charge in [0.25, 0.3) is 5.91 Å². The molecule has 1 aromatic heterocycles. The van der Waals surface area contributed by atoms with Crippen molar-refractivity contribution >= 4 is 45.9 Å². The molecular formula is C20H11Cl2FN2O3. The van der Waals surface area contributed by atoms with Gasteiger partial charge < -0.3 is 14.5 Å². The van der Waals surface area contributed by atoms with Crippen molar-refractivity contribution in [3.63, 3.8) is 0 Å². The number of anilines is 1. The van der Waals surface area contributed by atoms with Gasteiger partial charge in [-0.25, -0.2) is 9.37 Å². The summed E-state index contributed by atoms with van der Waals surface area (Å²) in [7, 11) is 0. The third kappa shape index (κ3) is 3.78. The van der Waals surface area contributed by atoms with Crippen molar-refractivity contribution in [2.75, 3.05) is 5.32 Å². The number of carbonyl (C=O) groups is 1. The number of aromatic nitrogens is 1. The van der Waals surface area contributed by atoms with Crippen molar-refractivity contribution in [2.45, 2.75) is 0 Å². The Labute approximate surface area is 168 Å². The molecule has 1 heterocycles. The highest BCUT2D eigenvalue weighted by atomic mass is 35.5. The maximum atomic E-state index is 13.7. The third-order valence-electron chi connectivity index (χ3n) is 3.87. The van der Waals surface area contributed by atoms with E-state index >= 15 is 0 Å². The van der Waals surface area contributed by atoms with Gasteiger partial charge in [-0.1, -0.05) is 23.2 Å². The molecule has 3 aromatic carbocycles. The second-order valence-corrected chi connectivity index (χ2v) is 6.65. The van der Waals surface area contributed by atoms with Crippen LogP contribution in [0.4, 0.5) is 10.1 Å². The summed E-state index contributed by atoms with van der Waals surface area (Å²) in [5.41, 5.74) is 1.04. The fourth-order valence-electron chi connectivity index (χ4n) is 2.59. The predicted octanol–water partition coefficient (Wildman–Crippen LogP) is 6.32. The van der Waals surface area contributed by atoms with E-state index in [4.69, 9.17) is 32.4 Å². The molecule has 0 unspecified atom stereocenters. The van der Waals surface area contributed by atoms with Crippen LogP contribution >= 0.6 is 23.2 Å². The van der Waals surface area contributed by atoms with E-state index in [1.54, 1.807) is 42.5 Å². The van der Waals surface area contributed by atoms with Crippen LogP contribution in [0.15, 0.2) is 65.4 Å². The Morgan fingerprint density at radius 1 is 1.07 bits per heavy atom. The second-order valence-electron chi connectivity index (χ2n) is 5.81. The van der Waals surface area contributed by atoms with E-state index in [1.165, 1.54) is 6.07 Å². The number of fused-ring (bicyclic) bond motifs is 1. The van der Waals surface area contributed by atoms with Gasteiger partial charge in [0.05, 0.1) is 10.6 Å². The Morgan fingerprint density at radius 2 is 1.86 bits per heavy atom. The number of nitrogens with one attached hydrogen (secondary N) is 1. The van der Waals surface area contributed by atoms with E-state index in [9.17, 15) is 9.18 Å². The molecule has 1 N–H and O–H groups in total. The minimum atomic E-state index is -0.574. The predicted molar refractivity (Wildman–Crippen MR) is 105 cm³/mol. The highest BCUT2D eigenvalue weighted by molar-refractivity contribution is 6.35. The standard InChI is InChI=1S/C20H11Cl2FN2O3/c21-11-1-6-18(16(22)7-11)28-14-4-2-13(3-5-14)25-20(26)15-8-12(23)9-17-19(15)27-10-24-17/h1-10H,(H,25,26). The highest BCUT2D eigenvalue weighted by Gasteiger charge is 2.16. The van der Waals surface area contributed by atoms with Crippen LogP contribution in [0.2, 0.25) is 10.0 Å². The van der Waals surface area contributed by atoms with Crippen molar-refractivity contribution in [1.29, 1.82) is 0 Å². The Bertz CT molecular complexity index is 1180. The number of carbonyl (C=O) groups excluding carboxylic acids is 1. The summed E-state index contributed by atoms with van der Waals surface area (Å²) in [6, 6.07) is 13.8. The van der Waals surface area contributed by atoms with E-state index in [2.05, 4.69) is 10.3 Å². The first kappa shape index (κ1) is 18.3. The molecule has 140 valence electrons. The Kier molecular flexibility index (Phi) is 4.90. The smallest absolute Gasteiger partial charge is 0.259 e. The van der Waals surface area contributed by atoms with Crippen molar-refractivity contribution < 1.29 is 18.3 Å². The lowest BCUT2D eigenvalue weighted by Crippen LogP contribution is -2.12. The third-order valence-corrected chi connectivity index (χ3v) is 4.41. The van der Waals surface area contributed by atoms with E-state index in [1.807, 2.05) is 0 Å². The number of nitrogens with zero attached hydrogens (tertiary/aromatic N) is 1. The molecule has 0 aliphatic heterocycles. The summed E-state index contributed by atoms with van der Waals surface area (Å²) in [5, 5.41) is 3.57. The largest absolute Gasteiger partial charge is 0.456 e. The maximum absolute atomic E-state index is 13.7. The van der Waals surface area contributed by atoms with E-state index in [0.29, 0.717) is 27.2 Å². The second kappa shape index (κ2) is 7.50. The van der Waals surface area contributed by atoms with Gasteiger partial charge in [0.2, 0.25) is 0 Å². The summed E-state index contributed by atoms with van der Waals surface area (Å²) in [6.45, 7) is 0. The number of hydrogen-bond donors (Lipinski definition) is 1. The van der Waals surface area contributed by atoms with Crippen LogP contribution in [0.5, 0.6) is 11.5 Å². The van der Waals surface area contributed by atoms with Gasteiger partial charge in [-0.15, -0.1) is 0 Å². The fourth-order valence-corrected chi connectivity index (χ4v) is 3.04. The SMILES string of the molecule is O=C(Nc1ccc(Oc2ccc(Cl)cc2Cl)cc1)c1cc(F)cc2ncoc12. The average Bonchev–Trinajstić information content (AvgIpc) is 3.13. The molecule has 1 amide bonds. The van der Waals surface area contributed by atoms with Crippen LogP contribution in [0.3, 0.4) is 0 Å². The van der Waals surface area contributed by atoms with Crippen LogP contribution in [0, 0.1) is 5.82 Å². The molecule has 0 aliphatic carbocycles. The molecule has 0 atom stereocenters. The first-order chi connectivity index (χ1) is 13.5. The maximum Gasteiger partial charge on any atom is 0.259 e. The van der Waals surface area contributed by atoms with Crippen LogP contribution in [0.1, 0.15) is 10.4 Å². The minimum Gasteiger partial charge on any atom is -0.456 e. The van der Waals surface area contributed by atoms with Crippen molar-refractivity contribution in [3.8, 4) is 11.5 Å². The molecule has 0 spiro atoms. The Balaban J connectivity index is 1.51. The molecule has 0 saturated heterocycles. The van der Waals surface area contributed by atoms with Crippen LogP contribution in [-0.4, -0.2) is 10.9 Å². The molecule has 4 rings (SSSR count). The molecule has 4 aromatic rings. The Morgan fingerprint density at radius 3 is 2.61 bits per heavy atom. The fraction of sp³-hybridized carbons (Fsp3) is 0. The zero-order chi connectivity index (χ0) is 19.7. The number of hydrogen-bond acceptors (Lipinski definition) is 4. The monoisotopic (exact) mass is 416 g/mol. The summed E-state index contributed by atoms with van der Waals surface area (Å²) < 4.78 is 24.6. The van der Waals surface area contributed by atoms with Gasteiger partial charge in [0.1, 0.15) is 22.8 Å².